The molecule has 2 amide bonds. The maximum Gasteiger partial charge on any atom is 0.335 e. The summed E-state index contributed by atoms with van der Waals surface area (Å²) in [6, 6.07) is 3.34. The first-order valence-electron chi connectivity index (χ1n) is 7.56. The fourth-order valence-corrected chi connectivity index (χ4v) is 4.14. The second-order valence-corrected chi connectivity index (χ2v) is 6.39. The predicted molar refractivity (Wildman–Crippen MR) is 80.6 cm³/mol. The molecule has 0 spiro atoms. The van der Waals surface area contributed by atoms with Crippen molar-refractivity contribution in [1.29, 1.82) is 0 Å². The molecule has 122 valence electrons. The number of amides is 2. The molecule has 2 fully saturated rings. The van der Waals surface area contributed by atoms with Crippen LogP contribution in [0.4, 0.5) is 5.69 Å². The number of allylic oxidation sites excluding steroid dienone is 2. The highest BCUT2D eigenvalue weighted by molar-refractivity contribution is 6.23. The number of carboxylic acid groups (broad SMARTS) is 2. The minimum Gasteiger partial charge on any atom is -0.478 e. The highest BCUT2D eigenvalue weighted by atomic mass is 16.4. The Balaban J connectivity index is 1.79. The maximum atomic E-state index is 12.7. The number of nitrogens with zero attached hydrogens (tertiary/aromatic N) is 1. The van der Waals surface area contributed by atoms with Crippen LogP contribution in [0, 0.1) is 23.7 Å². The lowest BCUT2D eigenvalue weighted by molar-refractivity contribution is -0.123. The largest absolute Gasteiger partial charge is 0.478 e. The first-order valence-corrected chi connectivity index (χ1v) is 7.56. The molecule has 1 saturated carbocycles. The van der Waals surface area contributed by atoms with Gasteiger partial charge in [-0.2, -0.15) is 0 Å². The Kier molecular flexibility index (Phi) is 2.90. The van der Waals surface area contributed by atoms with Gasteiger partial charge in [-0.15, -0.1) is 0 Å². The molecule has 1 aliphatic heterocycles. The van der Waals surface area contributed by atoms with E-state index in [1.54, 1.807) is 0 Å². The molecule has 1 saturated heterocycles. The smallest absolute Gasteiger partial charge is 0.335 e. The lowest BCUT2D eigenvalue weighted by Gasteiger charge is -2.18. The first-order chi connectivity index (χ1) is 11.4. The Morgan fingerprint density at radius 2 is 1.33 bits per heavy atom. The van der Waals surface area contributed by atoms with Crippen LogP contribution in [0.25, 0.3) is 0 Å². The summed E-state index contributed by atoms with van der Waals surface area (Å²) in [7, 11) is 0. The van der Waals surface area contributed by atoms with Crippen LogP contribution in [0.1, 0.15) is 27.1 Å². The van der Waals surface area contributed by atoms with E-state index in [-0.39, 0.29) is 40.5 Å². The van der Waals surface area contributed by atoms with Crippen LogP contribution >= 0.6 is 0 Å². The van der Waals surface area contributed by atoms with Crippen molar-refractivity contribution >= 4 is 29.4 Å². The second kappa shape index (κ2) is 4.77. The van der Waals surface area contributed by atoms with Gasteiger partial charge in [-0.3, -0.25) is 9.59 Å². The predicted octanol–water partition coefficient (Wildman–Crippen LogP) is 1.39. The van der Waals surface area contributed by atoms with E-state index in [0.29, 0.717) is 0 Å². The number of imide groups is 1. The zero-order valence-electron chi connectivity index (χ0n) is 12.4. The number of hydrogen-bond donors (Lipinski definition) is 2. The van der Waals surface area contributed by atoms with Crippen molar-refractivity contribution in [3.63, 3.8) is 0 Å². The number of aromatic carboxylic acids is 2. The molecule has 1 heterocycles. The van der Waals surface area contributed by atoms with Crippen LogP contribution in [0.5, 0.6) is 0 Å². The lowest BCUT2D eigenvalue weighted by Crippen LogP contribution is -2.33. The standard InChI is InChI=1S/C17H13NO6/c19-14-12-7-1-2-8(3-7)13(12)15(20)18(14)11-5-9(16(21)22)4-10(6-11)17(23)24/h1-2,4-8,12-13H,3H2,(H,21,22)(H,23,24)/t7-,8-,12+,13+/m0/s1. The summed E-state index contributed by atoms with van der Waals surface area (Å²) in [5.41, 5.74) is -0.539. The summed E-state index contributed by atoms with van der Waals surface area (Å²) < 4.78 is 0. The van der Waals surface area contributed by atoms with Crippen molar-refractivity contribution < 1.29 is 29.4 Å². The third kappa shape index (κ3) is 1.84. The number of carbonyl (C=O) groups is 4. The van der Waals surface area contributed by atoms with Crippen molar-refractivity contribution in [2.75, 3.05) is 4.90 Å². The van der Waals surface area contributed by atoms with Crippen LogP contribution in [-0.4, -0.2) is 34.0 Å². The normalized spacial score (nSPS) is 30.1. The molecule has 1 aromatic carbocycles. The van der Waals surface area contributed by atoms with E-state index < -0.39 is 23.8 Å². The highest BCUT2D eigenvalue weighted by Gasteiger charge is 2.59. The zero-order valence-corrected chi connectivity index (χ0v) is 12.4. The molecule has 2 aliphatic carbocycles. The molecule has 3 aliphatic rings. The summed E-state index contributed by atoms with van der Waals surface area (Å²) in [6.45, 7) is 0. The molecule has 0 unspecified atom stereocenters. The zero-order chi connectivity index (χ0) is 17.2. The van der Waals surface area contributed by atoms with Gasteiger partial charge in [0.1, 0.15) is 0 Å². The average Bonchev–Trinajstić information content (AvgIpc) is 3.21. The van der Waals surface area contributed by atoms with Gasteiger partial charge in [0.15, 0.2) is 0 Å². The Morgan fingerprint density at radius 3 is 1.75 bits per heavy atom. The van der Waals surface area contributed by atoms with Crippen LogP contribution in [0.15, 0.2) is 30.4 Å². The van der Waals surface area contributed by atoms with Crippen LogP contribution in [-0.2, 0) is 9.59 Å². The summed E-state index contributed by atoms with van der Waals surface area (Å²) in [6.07, 6.45) is 4.70. The first kappa shape index (κ1) is 14.6. The van der Waals surface area contributed by atoms with Crippen molar-refractivity contribution in [2.45, 2.75) is 6.42 Å². The number of anilines is 1. The number of carbonyl (C=O) groups excluding carboxylic acids is 2. The van der Waals surface area contributed by atoms with Crippen LogP contribution in [0.2, 0.25) is 0 Å². The third-order valence-electron chi connectivity index (χ3n) is 5.14. The molecular formula is C17H13NO6. The third-order valence-corrected chi connectivity index (χ3v) is 5.14. The summed E-state index contributed by atoms with van der Waals surface area (Å²) in [4.78, 5) is 48.9. The Hall–Kier alpha value is -2.96. The molecule has 4 rings (SSSR count). The summed E-state index contributed by atoms with van der Waals surface area (Å²) in [5, 5.41) is 18.3. The van der Waals surface area contributed by atoms with Crippen molar-refractivity contribution in [2.24, 2.45) is 23.7 Å². The topological polar surface area (TPSA) is 112 Å². The van der Waals surface area contributed by atoms with Crippen molar-refractivity contribution in [1.82, 2.24) is 0 Å². The molecule has 2 N–H and O–H groups in total. The number of hydrogen-bond acceptors (Lipinski definition) is 4. The maximum absolute atomic E-state index is 12.7. The van der Waals surface area contributed by atoms with E-state index in [9.17, 15) is 19.2 Å². The van der Waals surface area contributed by atoms with Gasteiger partial charge in [0, 0.05) is 0 Å². The van der Waals surface area contributed by atoms with E-state index in [1.807, 2.05) is 12.2 Å². The van der Waals surface area contributed by atoms with E-state index in [4.69, 9.17) is 10.2 Å². The van der Waals surface area contributed by atoms with Gasteiger partial charge in [0.25, 0.3) is 0 Å². The summed E-state index contributed by atoms with van der Waals surface area (Å²) in [5.74, 6) is -4.17. The Bertz CT molecular complexity index is 779. The van der Waals surface area contributed by atoms with E-state index in [1.165, 1.54) is 12.1 Å². The molecule has 2 bridgehead atoms. The molecular weight excluding hydrogens is 314 g/mol. The number of fused-ring (bicyclic) bond motifs is 5. The van der Waals surface area contributed by atoms with Gasteiger partial charge < -0.3 is 10.2 Å². The van der Waals surface area contributed by atoms with Crippen LogP contribution in [0.3, 0.4) is 0 Å². The molecule has 0 radical (unpaired) electrons. The number of rotatable bonds is 3. The van der Waals surface area contributed by atoms with Crippen molar-refractivity contribution in [3.8, 4) is 0 Å². The van der Waals surface area contributed by atoms with Gasteiger partial charge in [0.2, 0.25) is 11.8 Å². The van der Waals surface area contributed by atoms with Gasteiger partial charge in [-0.1, -0.05) is 12.2 Å². The van der Waals surface area contributed by atoms with E-state index in [2.05, 4.69) is 0 Å². The summed E-state index contributed by atoms with van der Waals surface area (Å²) >= 11 is 0. The van der Waals surface area contributed by atoms with Gasteiger partial charge in [0.05, 0.1) is 28.7 Å². The average molecular weight is 327 g/mol. The molecule has 7 nitrogen and oxygen atoms in total. The number of benzene rings is 1. The molecule has 7 heteroatoms. The highest BCUT2D eigenvalue weighted by Crippen LogP contribution is 2.53. The number of carboxylic acids is 2. The Morgan fingerprint density at radius 1 is 0.875 bits per heavy atom. The van der Waals surface area contributed by atoms with Gasteiger partial charge in [-0.05, 0) is 36.5 Å². The van der Waals surface area contributed by atoms with Crippen molar-refractivity contribution in [3.05, 3.63) is 41.5 Å². The second-order valence-electron chi connectivity index (χ2n) is 6.39. The molecule has 0 aromatic heterocycles. The van der Waals surface area contributed by atoms with Crippen LogP contribution < -0.4 is 4.90 Å². The fraction of sp³-hybridized carbons (Fsp3) is 0.294. The fourth-order valence-electron chi connectivity index (χ4n) is 4.14. The minimum atomic E-state index is -1.32. The lowest BCUT2D eigenvalue weighted by atomic mass is 9.85. The SMILES string of the molecule is O=C(O)c1cc(C(=O)O)cc(N2C(=O)[C@H]3[C@H](C2=O)[C@H]2C=C[C@H]3C2)c1. The minimum absolute atomic E-state index is 0.0103. The quantitative estimate of drug-likeness (QED) is 0.641. The van der Waals surface area contributed by atoms with Gasteiger partial charge >= 0.3 is 11.9 Å². The molecule has 1 aromatic rings. The van der Waals surface area contributed by atoms with Gasteiger partial charge in [-0.25, -0.2) is 14.5 Å². The van der Waals surface area contributed by atoms with E-state index >= 15 is 0 Å². The molecule has 4 atom stereocenters. The molecule has 24 heavy (non-hydrogen) atoms. The Labute approximate surface area is 136 Å². The van der Waals surface area contributed by atoms with E-state index in [0.717, 1.165) is 17.4 Å². The monoisotopic (exact) mass is 327 g/mol.